The van der Waals surface area contributed by atoms with Crippen LogP contribution in [-0.2, 0) is 6.54 Å². The molecule has 2 aromatic heterocycles. The molecule has 0 spiro atoms. The first-order valence-electron chi connectivity index (χ1n) is 15.0. The minimum Gasteiger partial charge on any atom is -0.495 e. The summed E-state index contributed by atoms with van der Waals surface area (Å²) in [6.07, 6.45) is 4.03. The van der Waals surface area contributed by atoms with E-state index in [0.29, 0.717) is 50.3 Å². The van der Waals surface area contributed by atoms with Gasteiger partial charge in [-0.05, 0) is 80.2 Å². The molecule has 236 valence electrons. The topological polar surface area (TPSA) is 96.5 Å². The van der Waals surface area contributed by atoms with E-state index in [1.807, 2.05) is 37.3 Å². The molecule has 0 atom stereocenters. The molecule has 3 heterocycles. The summed E-state index contributed by atoms with van der Waals surface area (Å²) in [7, 11) is 1.50. The van der Waals surface area contributed by atoms with Crippen LogP contribution in [0.5, 0.6) is 5.75 Å². The van der Waals surface area contributed by atoms with Crippen LogP contribution in [0.4, 0.5) is 17.2 Å². The van der Waals surface area contributed by atoms with Crippen molar-refractivity contribution in [1.82, 2.24) is 14.9 Å². The smallest absolute Gasteiger partial charge is 0.258 e. The van der Waals surface area contributed by atoms with Gasteiger partial charge in [0.05, 0.1) is 33.6 Å². The fraction of sp³-hybridized carbons (Fsp3) is 0.257. The molecule has 0 bridgehead atoms. The van der Waals surface area contributed by atoms with Crippen molar-refractivity contribution in [1.29, 1.82) is 0 Å². The van der Waals surface area contributed by atoms with Crippen molar-refractivity contribution >= 4 is 73.6 Å². The van der Waals surface area contributed by atoms with Crippen molar-refractivity contribution < 1.29 is 14.3 Å². The highest BCUT2D eigenvalue weighted by Crippen LogP contribution is 2.41. The zero-order valence-corrected chi connectivity index (χ0v) is 27.8. The fourth-order valence-corrected chi connectivity index (χ4v) is 7.19. The van der Waals surface area contributed by atoms with Gasteiger partial charge in [0.2, 0.25) is 0 Å². The Bertz CT molecular complexity index is 1870. The van der Waals surface area contributed by atoms with Gasteiger partial charge >= 0.3 is 0 Å². The van der Waals surface area contributed by atoms with Crippen molar-refractivity contribution in [3.05, 3.63) is 105 Å². The van der Waals surface area contributed by atoms with Crippen LogP contribution in [0.15, 0.2) is 72.4 Å². The number of thiophene rings is 1. The molecule has 0 saturated carbocycles. The summed E-state index contributed by atoms with van der Waals surface area (Å²) in [4.78, 5) is 37.7. The maximum absolute atomic E-state index is 13.3. The number of aryl methyl sites for hydroxylation is 1. The molecule has 8 nitrogen and oxygen atoms in total. The van der Waals surface area contributed by atoms with Gasteiger partial charge in [-0.2, -0.15) is 0 Å². The molecule has 1 saturated heterocycles. The Labute approximate surface area is 281 Å². The summed E-state index contributed by atoms with van der Waals surface area (Å²) in [5.74, 6) is 1.13. The number of carbonyl (C=O) groups is 2. The lowest BCUT2D eigenvalue weighted by Gasteiger charge is -2.31. The summed E-state index contributed by atoms with van der Waals surface area (Å²) in [5.41, 5.74) is 4.66. The highest BCUT2D eigenvalue weighted by Gasteiger charge is 2.23. The molecule has 0 aliphatic carbocycles. The first-order valence-corrected chi connectivity index (χ1v) is 16.7. The monoisotopic (exact) mass is 673 g/mol. The van der Waals surface area contributed by atoms with E-state index in [1.54, 1.807) is 11.4 Å². The van der Waals surface area contributed by atoms with Crippen LogP contribution in [-0.4, -0.2) is 46.8 Å². The van der Waals surface area contributed by atoms with E-state index in [2.05, 4.69) is 49.8 Å². The maximum Gasteiger partial charge on any atom is 0.258 e. The van der Waals surface area contributed by atoms with Crippen molar-refractivity contribution in [2.24, 2.45) is 5.92 Å². The number of halogens is 2. The van der Waals surface area contributed by atoms with Gasteiger partial charge in [-0.3, -0.25) is 14.5 Å². The van der Waals surface area contributed by atoms with Crippen LogP contribution in [0.3, 0.4) is 0 Å². The van der Waals surface area contributed by atoms with E-state index >= 15 is 0 Å². The van der Waals surface area contributed by atoms with Crippen molar-refractivity contribution in [2.45, 2.75) is 32.7 Å². The Kier molecular flexibility index (Phi) is 9.84. The first-order chi connectivity index (χ1) is 22.3. The Hall–Kier alpha value is -4.02. The molecule has 46 heavy (non-hydrogen) atoms. The number of Topliss-reactive ketones (excluding diaryl/α,β-unsaturated/α-hetero) is 1. The third-order valence-electron chi connectivity index (χ3n) is 8.31. The third-order valence-corrected chi connectivity index (χ3v) is 10.1. The molecule has 6 rings (SSSR count). The minimum atomic E-state index is -0.405. The van der Waals surface area contributed by atoms with E-state index in [4.69, 9.17) is 27.9 Å². The van der Waals surface area contributed by atoms with Crippen LogP contribution in [0.1, 0.15) is 51.1 Å². The fourth-order valence-electron chi connectivity index (χ4n) is 5.73. The number of anilines is 3. The molecular weight excluding hydrogens is 641 g/mol. The second-order valence-electron chi connectivity index (χ2n) is 11.4. The standard InChI is InChI=1S/C35H33Cl2N5O3S/c1-21-16-28(45-2)30(37)32(29(21)36)41-35(44)26-19-46-33-31(26)38-20-39-34(33)40-25-10-8-24(9-11-25)27(43)17-22-12-14-42(15-13-22)18-23-6-4-3-5-7-23/h3-11,16,19-20,22H,12-15,17-18H2,1-2H3,(H,41,44)(H,38,39,40). The zero-order chi connectivity index (χ0) is 32.2. The molecule has 0 radical (unpaired) electrons. The summed E-state index contributed by atoms with van der Waals surface area (Å²) >= 11 is 14.3. The number of carbonyl (C=O) groups excluding carboxylic acids is 2. The van der Waals surface area contributed by atoms with Gasteiger partial charge < -0.3 is 15.4 Å². The first kappa shape index (κ1) is 31.9. The van der Waals surface area contributed by atoms with E-state index in [9.17, 15) is 9.59 Å². The number of hydrogen-bond acceptors (Lipinski definition) is 8. The van der Waals surface area contributed by atoms with Crippen molar-refractivity contribution in [2.75, 3.05) is 30.8 Å². The van der Waals surface area contributed by atoms with Crippen LogP contribution in [0, 0.1) is 12.8 Å². The molecule has 0 unspecified atom stereocenters. The summed E-state index contributed by atoms with van der Waals surface area (Å²) in [6.45, 7) is 4.79. The SMILES string of the molecule is COc1cc(C)c(Cl)c(NC(=O)c2csc3c(Nc4ccc(C(=O)CC5CCN(Cc6ccccc6)CC5)cc4)ncnc23)c1Cl. The molecule has 1 amide bonds. The summed E-state index contributed by atoms with van der Waals surface area (Å²) in [5, 5.41) is 8.41. The minimum absolute atomic E-state index is 0.165. The van der Waals surface area contributed by atoms with Crippen LogP contribution >= 0.6 is 34.5 Å². The Morgan fingerprint density at radius 1 is 1.02 bits per heavy atom. The lowest BCUT2D eigenvalue weighted by atomic mass is 9.89. The number of methoxy groups -OCH3 is 1. The molecule has 11 heteroatoms. The highest BCUT2D eigenvalue weighted by molar-refractivity contribution is 7.18. The van der Waals surface area contributed by atoms with Gasteiger partial charge in [0, 0.05) is 29.6 Å². The van der Waals surface area contributed by atoms with Crippen LogP contribution < -0.4 is 15.4 Å². The predicted molar refractivity (Wildman–Crippen MR) is 186 cm³/mol. The van der Waals surface area contributed by atoms with E-state index < -0.39 is 5.91 Å². The van der Waals surface area contributed by atoms with Gasteiger partial charge in [-0.25, -0.2) is 9.97 Å². The molecule has 1 aliphatic rings. The zero-order valence-electron chi connectivity index (χ0n) is 25.5. The third kappa shape index (κ3) is 7.03. The number of hydrogen-bond donors (Lipinski definition) is 2. The van der Waals surface area contributed by atoms with Gasteiger partial charge in [0.15, 0.2) is 11.6 Å². The molecule has 1 aliphatic heterocycles. The molecule has 3 aromatic carbocycles. The van der Waals surface area contributed by atoms with Crippen LogP contribution in [0.2, 0.25) is 10.0 Å². The van der Waals surface area contributed by atoms with E-state index in [-0.39, 0.29) is 16.5 Å². The number of benzene rings is 3. The Balaban J connectivity index is 1.08. The second kappa shape index (κ2) is 14.2. The number of nitrogens with one attached hydrogen (secondary N) is 2. The number of nitrogens with zero attached hydrogens (tertiary/aromatic N) is 3. The lowest BCUT2D eigenvalue weighted by Crippen LogP contribution is -2.33. The second-order valence-corrected chi connectivity index (χ2v) is 13.1. The van der Waals surface area contributed by atoms with Gasteiger partial charge in [0.1, 0.15) is 17.1 Å². The molecule has 2 N–H and O–H groups in total. The lowest BCUT2D eigenvalue weighted by molar-refractivity contribution is 0.0924. The molecule has 1 fully saturated rings. The predicted octanol–water partition coefficient (Wildman–Crippen LogP) is 8.80. The quantitative estimate of drug-likeness (QED) is 0.143. The average Bonchev–Trinajstić information content (AvgIpc) is 3.52. The summed E-state index contributed by atoms with van der Waals surface area (Å²) < 4.78 is 6.04. The van der Waals surface area contributed by atoms with Gasteiger partial charge in [0.25, 0.3) is 5.91 Å². The Morgan fingerprint density at radius 3 is 2.48 bits per heavy atom. The average molecular weight is 675 g/mol. The number of amides is 1. The number of rotatable bonds is 10. The largest absolute Gasteiger partial charge is 0.495 e. The normalized spacial score (nSPS) is 13.9. The number of likely N-dealkylation sites (tertiary alicyclic amines) is 1. The van der Waals surface area contributed by atoms with E-state index in [0.717, 1.165) is 43.7 Å². The van der Waals surface area contributed by atoms with Crippen LogP contribution in [0.25, 0.3) is 10.2 Å². The maximum atomic E-state index is 13.3. The highest BCUT2D eigenvalue weighted by atomic mass is 35.5. The number of ketones is 1. The van der Waals surface area contributed by atoms with E-state index in [1.165, 1.54) is 30.3 Å². The van der Waals surface area contributed by atoms with Gasteiger partial charge in [-0.15, -0.1) is 11.3 Å². The summed E-state index contributed by atoms with van der Waals surface area (Å²) in [6, 6.07) is 19.7. The van der Waals surface area contributed by atoms with Gasteiger partial charge in [-0.1, -0.05) is 53.5 Å². The van der Waals surface area contributed by atoms with Crippen molar-refractivity contribution in [3.63, 3.8) is 0 Å². The molecule has 5 aromatic rings. The number of fused-ring (bicyclic) bond motifs is 1. The molecular formula is C35H33Cl2N5O3S. The number of piperidine rings is 1. The number of aromatic nitrogens is 2. The van der Waals surface area contributed by atoms with Crippen molar-refractivity contribution in [3.8, 4) is 5.75 Å². The Morgan fingerprint density at radius 2 is 1.76 bits per heavy atom. The number of ether oxygens (including phenoxy) is 1.